The third-order valence-corrected chi connectivity index (χ3v) is 6.29. The maximum atomic E-state index is 12.6. The van der Waals surface area contributed by atoms with Gasteiger partial charge in [0.1, 0.15) is 0 Å². The molecular formula is C12H24N2O3S. The summed E-state index contributed by atoms with van der Waals surface area (Å²) in [7, 11) is -3.38. The monoisotopic (exact) mass is 276 g/mol. The molecule has 0 aromatic rings. The van der Waals surface area contributed by atoms with Crippen molar-refractivity contribution in [1.29, 1.82) is 0 Å². The first-order valence-electron chi connectivity index (χ1n) is 6.84. The summed E-state index contributed by atoms with van der Waals surface area (Å²) in [6.45, 7) is 5.80. The minimum atomic E-state index is -3.38. The number of aliphatic hydroxyl groups is 1. The molecule has 3 unspecified atom stereocenters. The highest BCUT2D eigenvalue weighted by Gasteiger charge is 2.42. The minimum Gasteiger partial charge on any atom is -0.395 e. The Bertz CT molecular complexity index is 385. The van der Waals surface area contributed by atoms with Crippen LogP contribution in [0.2, 0.25) is 0 Å². The van der Waals surface area contributed by atoms with E-state index < -0.39 is 10.2 Å². The van der Waals surface area contributed by atoms with E-state index in [2.05, 4.69) is 6.92 Å². The van der Waals surface area contributed by atoms with Gasteiger partial charge in [-0.3, -0.25) is 0 Å². The van der Waals surface area contributed by atoms with Crippen molar-refractivity contribution in [3.05, 3.63) is 0 Å². The summed E-state index contributed by atoms with van der Waals surface area (Å²) < 4.78 is 28.3. The van der Waals surface area contributed by atoms with Crippen LogP contribution >= 0.6 is 0 Å². The van der Waals surface area contributed by atoms with Crippen LogP contribution in [0.25, 0.3) is 0 Å². The second-order valence-corrected chi connectivity index (χ2v) is 7.62. The molecule has 0 aromatic heterocycles. The summed E-state index contributed by atoms with van der Waals surface area (Å²) in [4.78, 5) is 0. The molecule has 1 N–H and O–H groups in total. The van der Waals surface area contributed by atoms with E-state index in [0.717, 1.165) is 19.3 Å². The average Bonchev–Trinajstić information content (AvgIpc) is 2.71. The molecule has 2 fully saturated rings. The fraction of sp³-hybridized carbons (Fsp3) is 1.00. The number of nitrogens with zero attached hydrogens (tertiary/aromatic N) is 2. The molecular weight excluding hydrogens is 252 g/mol. The van der Waals surface area contributed by atoms with Gasteiger partial charge in [0, 0.05) is 19.6 Å². The maximum Gasteiger partial charge on any atom is 0.282 e. The van der Waals surface area contributed by atoms with Gasteiger partial charge in [0.25, 0.3) is 10.2 Å². The van der Waals surface area contributed by atoms with E-state index >= 15 is 0 Å². The second-order valence-electron chi connectivity index (χ2n) is 5.74. The Hall–Kier alpha value is -0.170. The number of hydrogen-bond acceptors (Lipinski definition) is 3. The number of hydrogen-bond donors (Lipinski definition) is 1. The van der Waals surface area contributed by atoms with Gasteiger partial charge in [0.15, 0.2) is 0 Å². The fourth-order valence-electron chi connectivity index (χ4n) is 3.03. The smallest absolute Gasteiger partial charge is 0.282 e. The molecule has 2 aliphatic rings. The topological polar surface area (TPSA) is 60.9 Å². The molecule has 2 saturated heterocycles. The summed E-state index contributed by atoms with van der Waals surface area (Å²) in [6.07, 6.45) is 2.88. The number of piperidine rings is 1. The third kappa shape index (κ3) is 2.57. The van der Waals surface area contributed by atoms with Gasteiger partial charge in [-0.2, -0.15) is 17.0 Å². The van der Waals surface area contributed by atoms with Gasteiger partial charge < -0.3 is 5.11 Å². The standard InChI is InChI=1S/C12H24N2O3S/c1-10-4-3-6-13(8-10)18(16,17)14-7-5-11(2)12(14)9-15/h10-12,15H,3-9H2,1-2H3. The lowest BCUT2D eigenvalue weighted by Gasteiger charge is -2.35. The second kappa shape index (κ2) is 5.45. The van der Waals surface area contributed by atoms with Crippen molar-refractivity contribution in [3.8, 4) is 0 Å². The zero-order chi connectivity index (χ0) is 13.3. The quantitative estimate of drug-likeness (QED) is 0.824. The first-order valence-corrected chi connectivity index (χ1v) is 8.24. The van der Waals surface area contributed by atoms with Crippen LogP contribution in [-0.2, 0) is 10.2 Å². The molecule has 2 aliphatic heterocycles. The van der Waals surface area contributed by atoms with Crippen molar-refractivity contribution in [2.24, 2.45) is 11.8 Å². The van der Waals surface area contributed by atoms with Crippen molar-refractivity contribution in [1.82, 2.24) is 8.61 Å². The highest BCUT2D eigenvalue weighted by molar-refractivity contribution is 7.86. The first kappa shape index (κ1) is 14.2. The lowest BCUT2D eigenvalue weighted by Crippen LogP contribution is -2.50. The van der Waals surface area contributed by atoms with Crippen molar-refractivity contribution in [2.45, 2.75) is 39.2 Å². The largest absolute Gasteiger partial charge is 0.395 e. The molecule has 0 amide bonds. The van der Waals surface area contributed by atoms with Crippen molar-refractivity contribution >= 4 is 10.2 Å². The van der Waals surface area contributed by atoms with Crippen LogP contribution in [0.4, 0.5) is 0 Å². The van der Waals surface area contributed by atoms with Crippen LogP contribution in [-0.4, -0.2) is 54.4 Å². The van der Waals surface area contributed by atoms with Crippen molar-refractivity contribution in [3.63, 3.8) is 0 Å². The van der Waals surface area contributed by atoms with E-state index in [-0.39, 0.29) is 18.6 Å². The third-order valence-electron chi connectivity index (χ3n) is 4.26. The van der Waals surface area contributed by atoms with E-state index in [1.165, 1.54) is 4.31 Å². The predicted molar refractivity (Wildman–Crippen MR) is 70.3 cm³/mol. The van der Waals surface area contributed by atoms with E-state index in [1.807, 2.05) is 6.92 Å². The Morgan fingerprint density at radius 2 is 1.94 bits per heavy atom. The van der Waals surface area contributed by atoms with Gasteiger partial charge in [-0.1, -0.05) is 13.8 Å². The van der Waals surface area contributed by atoms with Gasteiger partial charge in [-0.15, -0.1) is 0 Å². The van der Waals surface area contributed by atoms with Gasteiger partial charge in [-0.05, 0) is 31.1 Å². The molecule has 2 rings (SSSR count). The Kier molecular flexibility index (Phi) is 4.31. The summed E-state index contributed by atoms with van der Waals surface area (Å²) in [6, 6.07) is -0.243. The molecule has 0 radical (unpaired) electrons. The highest BCUT2D eigenvalue weighted by atomic mass is 32.2. The van der Waals surface area contributed by atoms with Crippen LogP contribution in [0.5, 0.6) is 0 Å². The molecule has 0 spiro atoms. The summed E-state index contributed by atoms with van der Waals surface area (Å²) >= 11 is 0. The Morgan fingerprint density at radius 3 is 2.56 bits per heavy atom. The first-order chi connectivity index (χ1) is 8.46. The Morgan fingerprint density at radius 1 is 1.22 bits per heavy atom. The lowest BCUT2D eigenvalue weighted by atomic mass is 10.0. The predicted octanol–water partition coefficient (Wildman–Crippen LogP) is 0.666. The molecule has 0 saturated carbocycles. The van der Waals surface area contributed by atoms with E-state index in [4.69, 9.17) is 0 Å². The number of aliphatic hydroxyl groups excluding tert-OH is 1. The zero-order valence-electron chi connectivity index (χ0n) is 11.2. The molecule has 2 heterocycles. The summed E-state index contributed by atoms with van der Waals surface area (Å²) in [5, 5.41) is 9.40. The molecule has 18 heavy (non-hydrogen) atoms. The van der Waals surface area contributed by atoms with Crippen LogP contribution in [0.1, 0.15) is 33.1 Å². The van der Waals surface area contributed by atoms with Crippen molar-refractivity contribution in [2.75, 3.05) is 26.2 Å². The molecule has 0 aromatic carbocycles. The lowest BCUT2D eigenvalue weighted by molar-refractivity contribution is 0.179. The Labute approximate surface area is 110 Å². The molecule has 5 nitrogen and oxygen atoms in total. The summed E-state index contributed by atoms with van der Waals surface area (Å²) in [5.74, 6) is 0.674. The Balaban J connectivity index is 2.15. The van der Waals surface area contributed by atoms with Gasteiger partial charge in [0.05, 0.1) is 12.6 Å². The summed E-state index contributed by atoms with van der Waals surface area (Å²) in [5.41, 5.74) is 0. The van der Waals surface area contributed by atoms with E-state index in [0.29, 0.717) is 25.6 Å². The van der Waals surface area contributed by atoms with Crippen LogP contribution in [0.15, 0.2) is 0 Å². The molecule has 106 valence electrons. The van der Waals surface area contributed by atoms with Crippen molar-refractivity contribution < 1.29 is 13.5 Å². The van der Waals surface area contributed by atoms with Crippen LogP contribution in [0, 0.1) is 11.8 Å². The zero-order valence-corrected chi connectivity index (χ0v) is 12.1. The SMILES string of the molecule is CC1CCCN(S(=O)(=O)N2CCC(C)C2CO)C1. The molecule has 3 atom stereocenters. The number of rotatable bonds is 3. The highest BCUT2D eigenvalue weighted by Crippen LogP contribution is 2.29. The van der Waals surface area contributed by atoms with Crippen LogP contribution < -0.4 is 0 Å². The van der Waals surface area contributed by atoms with Gasteiger partial charge >= 0.3 is 0 Å². The maximum absolute atomic E-state index is 12.6. The fourth-order valence-corrected chi connectivity index (χ4v) is 5.09. The molecule has 0 aliphatic carbocycles. The van der Waals surface area contributed by atoms with Crippen LogP contribution in [0.3, 0.4) is 0 Å². The molecule has 0 bridgehead atoms. The van der Waals surface area contributed by atoms with Gasteiger partial charge in [0.2, 0.25) is 0 Å². The van der Waals surface area contributed by atoms with E-state index in [9.17, 15) is 13.5 Å². The average molecular weight is 276 g/mol. The van der Waals surface area contributed by atoms with E-state index in [1.54, 1.807) is 4.31 Å². The van der Waals surface area contributed by atoms with Gasteiger partial charge in [-0.25, -0.2) is 0 Å². The molecule has 6 heteroatoms. The normalized spacial score (nSPS) is 36.1. The minimum absolute atomic E-state index is 0.0796.